The maximum absolute atomic E-state index is 13.3. The Bertz CT molecular complexity index is 1410. The highest BCUT2D eigenvalue weighted by molar-refractivity contribution is 7.13. The highest BCUT2D eigenvalue weighted by Crippen LogP contribution is 2.51. The molecule has 0 fully saturated rings. The number of fused-ring (bicyclic) bond motifs is 2. The zero-order valence-corrected chi connectivity index (χ0v) is 19.1. The van der Waals surface area contributed by atoms with Crippen LogP contribution in [0.4, 0.5) is 5.13 Å². The first-order valence-electron chi connectivity index (χ1n) is 10.4. The quantitative estimate of drug-likeness (QED) is 0.489. The number of nitrogens with zero attached hydrogens (tertiary/aromatic N) is 4. The fourth-order valence-corrected chi connectivity index (χ4v) is 4.56. The Kier molecular flexibility index (Phi) is 5.05. The number of carbonyl (C=O) groups excluding carboxylic acids is 1. The first-order valence-corrected chi connectivity index (χ1v) is 11.3. The predicted octanol–water partition coefficient (Wildman–Crippen LogP) is 4.29. The maximum atomic E-state index is 13.3. The number of hydrogen-bond donors (Lipinski definition) is 1. The van der Waals surface area contributed by atoms with Gasteiger partial charge in [0.15, 0.2) is 0 Å². The third-order valence-corrected chi connectivity index (χ3v) is 6.44. The minimum atomic E-state index is -0.871. The number of para-hydroxylation sites is 1. The highest BCUT2D eigenvalue weighted by Gasteiger charge is 2.44. The summed E-state index contributed by atoms with van der Waals surface area (Å²) in [7, 11) is 0. The molecule has 3 aromatic heterocycles. The van der Waals surface area contributed by atoms with Gasteiger partial charge in [0.25, 0.3) is 5.56 Å². The van der Waals surface area contributed by atoms with Crippen molar-refractivity contribution in [1.29, 1.82) is 0 Å². The average Bonchev–Trinajstić information content (AvgIpc) is 3.30. The Morgan fingerprint density at radius 3 is 2.73 bits per heavy atom. The number of anilines is 1. The van der Waals surface area contributed by atoms with Crippen molar-refractivity contribution in [2.45, 2.75) is 26.7 Å². The summed E-state index contributed by atoms with van der Waals surface area (Å²) < 4.78 is 7.61. The van der Waals surface area contributed by atoms with E-state index in [0.29, 0.717) is 22.6 Å². The van der Waals surface area contributed by atoms with Gasteiger partial charge < -0.3 is 10.1 Å². The number of hydrogen-bond acceptors (Lipinski definition) is 7. The lowest BCUT2D eigenvalue weighted by Crippen LogP contribution is -2.38. The van der Waals surface area contributed by atoms with E-state index in [0.717, 1.165) is 16.7 Å². The first-order chi connectivity index (χ1) is 15.8. The molecule has 1 amide bonds. The molecule has 0 saturated carbocycles. The Hall–Kier alpha value is -3.85. The molecule has 5 rings (SSSR count). The molecule has 33 heavy (non-hydrogen) atoms. The summed E-state index contributed by atoms with van der Waals surface area (Å²) in [6.07, 6.45) is 1.69. The molecule has 1 aliphatic heterocycles. The lowest BCUT2D eigenvalue weighted by atomic mass is 9.70. The van der Waals surface area contributed by atoms with Crippen LogP contribution in [-0.2, 0) is 4.79 Å². The van der Waals surface area contributed by atoms with Gasteiger partial charge >= 0.3 is 0 Å². The Morgan fingerprint density at radius 2 is 1.97 bits per heavy atom. The van der Waals surface area contributed by atoms with Gasteiger partial charge in [-0.2, -0.15) is 4.98 Å². The van der Waals surface area contributed by atoms with Crippen LogP contribution >= 0.6 is 11.3 Å². The van der Waals surface area contributed by atoms with Crippen molar-refractivity contribution in [3.8, 4) is 17.4 Å². The summed E-state index contributed by atoms with van der Waals surface area (Å²) in [5.41, 5.74) is 3.07. The third-order valence-electron chi connectivity index (χ3n) is 5.83. The average molecular weight is 460 g/mol. The second kappa shape index (κ2) is 7.93. The second-order valence-electron chi connectivity index (χ2n) is 8.47. The minimum absolute atomic E-state index is 0.174. The van der Waals surface area contributed by atoms with E-state index in [2.05, 4.69) is 20.5 Å². The van der Waals surface area contributed by atoms with Crippen LogP contribution in [0.25, 0.3) is 5.82 Å². The lowest BCUT2D eigenvalue weighted by molar-refractivity contribution is -0.124. The van der Waals surface area contributed by atoms with Gasteiger partial charge in [0.05, 0.1) is 5.41 Å². The van der Waals surface area contributed by atoms with Crippen molar-refractivity contribution < 1.29 is 9.53 Å². The third kappa shape index (κ3) is 3.70. The smallest absolute Gasteiger partial charge is 0.256 e. The number of benzene rings is 1. The molecule has 1 atom stereocenters. The van der Waals surface area contributed by atoms with Gasteiger partial charge in [-0.15, -0.1) is 10.2 Å². The van der Waals surface area contributed by atoms with E-state index in [9.17, 15) is 9.59 Å². The van der Waals surface area contributed by atoms with Gasteiger partial charge in [0.2, 0.25) is 16.9 Å². The molecule has 4 heterocycles. The first kappa shape index (κ1) is 21.0. The van der Waals surface area contributed by atoms with E-state index in [1.165, 1.54) is 15.9 Å². The molecule has 1 N–H and O–H groups in total. The number of amides is 1. The number of aromatic nitrogens is 4. The van der Waals surface area contributed by atoms with Gasteiger partial charge in [-0.25, -0.2) is 0 Å². The molecule has 1 aromatic carbocycles. The zero-order chi connectivity index (χ0) is 23.2. The summed E-state index contributed by atoms with van der Waals surface area (Å²) >= 11 is 1.26. The van der Waals surface area contributed by atoms with Crippen LogP contribution in [-0.4, -0.2) is 25.7 Å². The fraction of sp³-hybridized carbons (Fsp3) is 0.208. The van der Waals surface area contributed by atoms with Crippen LogP contribution in [0.2, 0.25) is 0 Å². The molecule has 4 aromatic rings. The molecule has 0 unspecified atom stereocenters. The second-order valence-corrected chi connectivity index (χ2v) is 9.30. The van der Waals surface area contributed by atoms with Crippen LogP contribution < -0.4 is 15.6 Å². The Morgan fingerprint density at radius 1 is 1.15 bits per heavy atom. The summed E-state index contributed by atoms with van der Waals surface area (Å²) in [4.78, 5) is 30.5. The van der Waals surface area contributed by atoms with E-state index in [4.69, 9.17) is 4.74 Å². The molecular formula is C24H21N5O3S. The molecule has 0 spiro atoms. The SMILES string of the molecule is Cc1ccn(-c2ccc3c(n2)Oc2ccccc2[C@@H]3C(C)(C)C(=O)Nc2nncs2)c(=O)c1. The monoisotopic (exact) mass is 459 g/mol. The van der Waals surface area contributed by atoms with Crippen LogP contribution in [0.15, 0.2) is 65.0 Å². The van der Waals surface area contributed by atoms with Gasteiger partial charge in [-0.05, 0) is 36.8 Å². The van der Waals surface area contributed by atoms with Crippen LogP contribution in [0.3, 0.4) is 0 Å². The number of carbonyl (C=O) groups is 1. The van der Waals surface area contributed by atoms with E-state index >= 15 is 0 Å². The predicted molar refractivity (Wildman–Crippen MR) is 125 cm³/mol. The fourth-order valence-electron chi connectivity index (χ4n) is 4.12. The molecular weight excluding hydrogens is 438 g/mol. The van der Waals surface area contributed by atoms with Gasteiger partial charge in [-0.1, -0.05) is 43.4 Å². The van der Waals surface area contributed by atoms with Crippen molar-refractivity contribution in [3.63, 3.8) is 0 Å². The Labute approximate surface area is 193 Å². The molecule has 0 aliphatic carbocycles. The van der Waals surface area contributed by atoms with Crippen molar-refractivity contribution in [2.24, 2.45) is 5.41 Å². The minimum Gasteiger partial charge on any atom is -0.438 e. The van der Waals surface area contributed by atoms with E-state index in [1.54, 1.807) is 23.8 Å². The van der Waals surface area contributed by atoms with Gasteiger partial charge in [0, 0.05) is 29.3 Å². The topological polar surface area (TPSA) is 99.0 Å². The summed E-state index contributed by atoms with van der Waals surface area (Å²) in [5.74, 6) is 0.938. The lowest BCUT2D eigenvalue weighted by Gasteiger charge is -2.37. The normalized spacial score (nSPS) is 14.7. The molecule has 0 bridgehead atoms. The van der Waals surface area contributed by atoms with Crippen LogP contribution in [0.5, 0.6) is 11.6 Å². The highest BCUT2D eigenvalue weighted by atomic mass is 32.1. The summed E-state index contributed by atoms with van der Waals surface area (Å²) in [6.45, 7) is 5.64. The maximum Gasteiger partial charge on any atom is 0.256 e. The number of nitrogens with one attached hydrogen (secondary N) is 1. The number of pyridine rings is 2. The number of rotatable bonds is 4. The number of ether oxygens (including phenoxy) is 1. The molecule has 8 nitrogen and oxygen atoms in total. The Balaban J connectivity index is 1.61. The summed E-state index contributed by atoms with van der Waals surface area (Å²) in [5, 5.41) is 11.0. The van der Waals surface area contributed by atoms with E-state index in [-0.39, 0.29) is 17.4 Å². The van der Waals surface area contributed by atoms with Crippen molar-refractivity contribution in [1.82, 2.24) is 19.7 Å². The zero-order valence-electron chi connectivity index (χ0n) is 18.3. The van der Waals surface area contributed by atoms with Crippen molar-refractivity contribution in [3.05, 3.63) is 87.3 Å². The van der Waals surface area contributed by atoms with Gasteiger partial charge in [0.1, 0.15) is 17.1 Å². The summed E-state index contributed by atoms with van der Waals surface area (Å²) in [6, 6.07) is 14.7. The van der Waals surface area contributed by atoms with Crippen molar-refractivity contribution >= 4 is 22.4 Å². The van der Waals surface area contributed by atoms with Crippen molar-refractivity contribution in [2.75, 3.05) is 5.32 Å². The molecule has 0 saturated heterocycles. The van der Waals surface area contributed by atoms with Crippen LogP contribution in [0, 0.1) is 12.3 Å². The molecule has 166 valence electrons. The van der Waals surface area contributed by atoms with Crippen LogP contribution in [0.1, 0.15) is 36.5 Å². The molecule has 0 radical (unpaired) electrons. The largest absolute Gasteiger partial charge is 0.438 e. The van der Waals surface area contributed by atoms with Gasteiger partial charge in [-0.3, -0.25) is 14.2 Å². The van der Waals surface area contributed by atoms with E-state index < -0.39 is 5.41 Å². The number of aryl methyl sites for hydroxylation is 1. The molecule has 1 aliphatic rings. The standard InChI is InChI=1S/C24H21N5O3S/c1-14-10-11-29(19(30)12-14)18-9-8-16-20(15-6-4-5-7-17(15)32-21(16)26-18)24(2,3)22(31)27-23-28-25-13-33-23/h4-13,20H,1-3H3,(H,27,28,31)/t20-/m0/s1. The molecule has 9 heteroatoms. The van der Waals surface area contributed by atoms with E-state index in [1.807, 2.05) is 57.2 Å².